The van der Waals surface area contributed by atoms with E-state index in [1.807, 2.05) is 0 Å². The molecule has 1 unspecified atom stereocenters. The number of unbranched alkanes of at least 4 members (excludes halogenated alkanes) is 26. The molecule has 0 N–H and O–H groups in total. The Labute approximate surface area is 333 Å². The van der Waals surface area contributed by atoms with Crippen molar-refractivity contribution >= 4 is 8.53 Å². The summed E-state index contributed by atoms with van der Waals surface area (Å²) in [7, 11) is -1.29. The molecule has 0 aromatic heterocycles. The van der Waals surface area contributed by atoms with Crippen LogP contribution in [0.3, 0.4) is 0 Å². The lowest BCUT2D eigenvalue weighted by Crippen LogP contribution is -2.37. The summed E-state index contributed by atoms with van der Waals surface area (Å²) in [4.78, 5) is 0. The van der Waals surface area contributed by atoms with E-state index in [-0.39, 0.29) is 17.5 Å². The van der Waals surface area contributed by atoms with E-state index in [2.05, 4.69) is 59.2 Å². The van der Waals surface area contributed by atoms with Crippen LogP contribution in [-0.4, -0.2) is 56.4 Å². The summed E-state index contributed by atoms with van der Waals surface area (Å²) in [6.45, 7) is 19.3. The summed E-state index contributed by atoms with van der Waals surface area (Å²) in [6, 6.07) is 2.77. The fraction of sp³-hybridized carbons (Fsp3) is 0.978. The van der Waals surface area contributed by atoms with E-state index in [4.69, 9.17) is 23.8 Å². The van der Waals surface area contributed by atoms with Gasteiger partial charge in [0.2, 0.25) is 0 Å². The average molecular weight is 769 g/mol. The zero-order valence-electron chi connectivity index (χ0n) is 36.9. The monoisotopic (exact) mass is 769 g/mol. The van der Waals surface area contributed by atoms with Crippen molar-refractivity contribution in [3.8, 4) is 6.07 Å². The minimum Gasteiger partial charge on any atom is -0.381 e. The van der Waals surface area contributed by atoms with Crippen LogP contribution in [0.4, 0.5) is 0 Å². The Kier molecular flexibility index (Phi) is 39.7. The SMILES string of the molecule is CCCCCCCCCCCCCCCCOCC(C)(COCCCCCCCCCCCCCCCC)COP(OCCC#N)N(C(C)C)C(C)C. The summed E-state index contributed by atoms with van der Waals surface area (Å²) in [5.74, 6) is 0. The zero-order valence-corrected chi connectivity index (χ0v) is 37.8. The maximum atomic E-state index is 9.12. The number of rotatable bonds is 43. The molecule has 0 heterocycles. The van der Waals surface area contributed by atoms with E-state index in [1.165, 1.54) is 167 Å². The highest BCUT2D eigenvalue weighted by atomic mass is 31.2. The standard InChI is InChI=1S/C46H93N2O4P/c1-8-10-12-14-16-18-20-22-24-26-28-30-32-34-38-49-41-46(7,43-52-53(51-40-36-37-47)48(44(3)4)45(5)6)42-50-39-35-33-31-29-27-25-23-21-19-17-15-13-11-9-2/h44-45H,8-36,38-43H2,1-7H3. The first-order valence-corrected chi connectivity index (χ1v) is 24.3. The van der Waals surface area contributed by atoms with Gasteiger partial charge in [0.05, 0.1) is 38.9 Å². The molecule has 0 aliphatic rings. The van der Waals surface area contributed by atoms with E-state index in [9.17, 15) is 0 Å². The van der Waals surface area contributed by atoms with Gasteiger partial charge in [0.15, 0.2) is 0 Å². The van der Waals surface area contributed by atoms with Crippen LogP contribution in [0.5, 0.6) is 0 Å². The van der Waals surface area contributed by atoms with Crippen LogP contribution in [-0.2, 0) is 18.5 Å². The fourth-order valence-corrected chi connectivity index (χ4v) is 8.85. The molecule has 0 spiro atoms. The second-order valence-corrected chi connectivity index (χ2v) is 18.4. The van der Waals surface area contributed by atoms with Crippen LogP contribution in [0.2, 0.25) is 0 Å². The van der Waals surface area contributed by atoms with Crippen molar-refractivity contribution in [2.45, 2.75) is 247 Å². The topological polar surface area (TPSA) is 64.0 Å². The number of hydrogen-bond acceptors (Lipinski definition) is 6. The van der Waals surface area contributed by atoms with Crippen LogP contribution >= 0.6 is 8.53 Å². The highest BCUT2D eigenvalue weighted by Crippen LogP contribution is 2.47. The van der Waals surface area contributed by atoms with Gasteiger partial charge in [-0.1, -0.05) is 188 Å². The molecule has 0 aliphatic heterocycles. The lowest BCUT2D eigenvalue weighted by atomic mass is 9.94. The molecule has 0 fully saturated rings. The molecule has 0 amide bonds. The first kappa shape index (κ1) is 52.7. The first-order valence-electron chi connectivity index (χ1n) is 23.2. The van der Waals surface area contributed by atoms with Gasteiger partial charge in [-0.2, -0.15) is 5.26 Å². The van der Waals surface area contributed by atoms with Crippen LogP contribution in [0.1, 0.15) is 235 Å². The zero-order chi connectivity index (χ0) is 39.1. The molecule has 0 aromatic rings. The van der Waals surface area contributed by atoms with Crippen LogP contribution in [0.15, 0.2) is 0 Å². The molecular formula is C46H93N2O4P. The molecule has 53 heavy (non-hydrogen) atoms. The Morgan fingerprint density at radius 2 is 0.792 bits per heavy atom. The van der Waals surface area contributed by atoms with E-state index in [1.54, 1.807) is 0 Å². The lowest BCUT2D eigenvalue weighted by molar-refractivity contribution is -0.0391. The summed E-state index contributed by atoms with van der Waals surface area (Å²) in [6.07, 6.45) is 38.6. The molecule has 0 rings (SSSR count). The van der Waals surface area contributed by atoms with E-state index in [0.717, 1.165) is 26.1 Å². The Balaban J connectivity index is 4.54. The second-order valence-electron chi connectivity index (χ2n) is 16.9. The van der Waals surface area contributed by atoms with E-state index in [0.29, 0.717) is 32.8 Å². The molecule has 0 radical (unpaired) electrons. The molecule has 1 atom stereocenters. The van der Waals surface area contributed by atoms with Gasteiger partial charge < -0.3 is 18.5 Å². The summed E-state index contributed by atoms with van der Waals surface area (Å²) < 4.78 is 27.7. The molecule has 0 aromatic carbocycles. The Bertz CT molecular complexity index is 733. The molecule has 0 saturated carbocycles. The van der Waals surface area contributed by atoms with Crippen LogP contribution in [0, 0.1) is 16.7 Å². The summed E-state index contributed by atoms with van der Waals surface area (Å²) in [5.41, 5.74) is -0.259. The van der Waals surface area contributed by atoms with Crippen molar-refractivity contribution in [3.05, 3.63) is 0 Å². The third kappa shape index (κ3) is 34.7. The first-order chi connectivity index (χ1) is 25.8. The van der Waals surface area contributed by atoms with Crippen LogP contribution in [0.25, 0.3) is 0 Å². The second kappa shape index (κ2) is 39.9. The molecule has 0 saturated heterocycles. The fourth-order valence-electron chi connectivity index (χ4n) is 7.08. The largest absolute Gasteiger partial charge is 0.381 e. The predicted octanol–water partition coefficient (Wildman–Crippen LogP) is 15.3. The number of nitriles is 1. The summed E-state index contributed by atoms with van der Waals surface area (Å²) in [5, 5.41) is 9.12. The third-order valence-corrected chi connectivity index (χ3v) is 12.4. The van der Waals surface area contributed by atoms with Crippen molar-refractivity contribution in [1.82, 2.24) is 4.67 Å². The highest BCUT2D eigenvalue weighted by molar-refractivity contribution is 7.44. The molecular weight excluding hydrogens is 675 g/mol. The predicted molar refractivity (Wildman–Crippen MR) is 232 cm³/mol. The van der Waals surface area contributed by atoms with Crippen molar-refractivity contribution in [2.75, 3.05) is 39.6 Å². The number of nitrogens with zero attached hydrogens (tertiary/aromatic N) is 2. The number of hydrogen-bond donors (Lipinski definition) is 0. The minimum atomic E-state index is -1.29. The van der Waals surface area contributed by atoms with Gasteiger partial charge in [-0.3, -0.25) is 0 Å². The van der Waals surface area contributed by atoms with Crippen molar-refractivity contribution in [3.63, 3.8) is 0 Å². The van der Waals surface area contributed by atoms with Gasteiger partial charge in [0.1, 0.15) is 0 Å². The quantitative estimate of drug-likeness (QED) is 0.0455. The maximum Gasteiger partial charge on any atom is 0.259 e. The Morgan fingerprint density at radius 3 is 1.09 bits per heavy atom. The summed E-state index contributed by atoms with van der Waals surface area (Å²) >= 11 is 0. The Morgan fingerprint density at radius 1 is 0.472 bits per heavy atom. The van der Waals surface area contributed by atoms with Gasteiger partial charge in [-0.05, 0) is 40.5 Å². The smallest absolute Gasteiger partial charge is 0.259 e. The molecule has 316 valence electrons. The van der Waals surface area contributed by atoms with Gasteiger partial charge in [0.25, 0.3) is 8.53 Å². The van der Waals surface area contributed by atoms with Crippen molar-refractivity contribution in [1.29, 1.82) is 5.26 Å². The van der Waals surface area contributed by atoms with E-state index >= 15 is 0 Å². The molecule has 0 bridgehead atoms. The van der Waals surface area contributed by atoms with Crippen LogP contribution < -0.4 is 0 Å². The van der Waals surface area contributed by atoms with Gasteiger partial charge in [0, 0.05) is 30.7 Å². The van der Waals surface area contributed by atoms with Gasteiger partial charge in [-0.15, -0.1) is 0 Å². The van der Waals surface area contributed by atoms with E-state index < -0.39 is 8.53 Å². The molecule has 0 aliphatic carbocycles. The number of ether oxygens (including phenoxy) is 2. The van der Waals surface area contributed by atoms with Crippen molar-refractivity contribution < 1.29 is 18.5 Å². The maximum absolute atomic E-state index is 9.12. The van der Waals surface area contributed by atoms with Gasteiger partial charge in [-0.25, -0.2) is 4.67 Å². The minimum absolute atomic E-state index is 0.259. The highest BCUT2D eigenvalue weighted by Gasteiger charge is 2.32. The third-order valence-electron chi connectivity index (χ3n) is 10.4. The average Bonchev–Trinajstić information content (AvgIpc) is 3.13. The normalized spacial score (nSPS) is 12.8. The molecule has 6 nitrogen and oxygen atoms in total. The lowest BCUT2D eigenvalue weighted by Gasteiger charge is -2.38. The molecule has 7 heteroatoms. The van der Waals surface area contributed by atoms with Crippen molar-refractivity contribution in [2.24, 2.45) is 5.41 Å². The Hall–Kier alpha value is -0.280. The van der Waals surface area contributed by atoms with Gasteiger partial charge >= 0.3 is 0 Å².